The molecule has 3 aromatic rings. The maximum atomic E-state index is 12.0. The van der Waals surface area contributed by atoms with Crippen molar-refractivity contribution in [1.29, 1.82) is 0 Å². The molecule has 1 heterocycles. The topological polar surface area (TPSA) is 102 Å². The fraction of sp³-hybridized carbons (Fsp3) is 0.118. The first-order valence-electron chi connectivity index (χ1n) is 7.86. The van der Waals surface area contributed by atoms with Crippen LogP contribution >= 0.6 is 27.5 Å². The van der Waals surface area contributed by atoms with Crippen LogP contribution < -0.4 is 10.6 Å². The van der Waals surface area contributed by atoms with Crippen molar-refractivity contribution in [2.24, 2.45) is 0 Å². The lowest BCUT2D eigenvalue weighted by Gasteiger charge is -2.08. The van der Waals surface area contributed by atoms with E-state index in [0.717, 1.165) is 14.8 Å². The van der Waals surface area contributed by atoms with Crippen LogP contribution in [0, 0.1) is 0 Å². The molecule has 0 unspecified atom stereocenters. The number of anilines is 1. The van der Waals surface area contributed by atoms with Crippen LogP contribution in [0.15, 0.2) is 53.0 Å². The zero-order valence-electron chi connectivity index (χ0n) is 13.9. The summed E-state index contributed by atoms with van der Waals surface area (Å²) in [6, 6.07) is 14.1. The summed E-state index contributed by atoms with van der Waals surface area (Å²) >= 11 is 9.18. The number of halogens is 2. The van der Waals surface area contributed by atoms with E-state index in [2.05, 4.69) is 42.0 Å². The third kappa shape index (κ3) is 5.35. The Morgan fingerprint density at radius 3 is 2.56 bits per heavy atom. The molecule has 2 amide bonds. The SMILES string of the molecule is O=C(Cn1nnc(-c2ccc(Cl)cc2)n1)NCC(=O)Nc1ccccc1Br. The Morgan fingerprint density at radius 1 is 1.07 bits per heavy atom. The van der Waals surface area contributed by atoms with Gasteiger partial charge in [-0.3, -0.25) is 9.59 Å². The average molecular weight is 450 g/mol. The second-order valence-electron chi connectivity index (χ2n) is 5.46. The second-order valence-corrected chi connectivity index (χ2v) is 6.75. The molecule has 0 aliphatic heterocycles. The van der Waals surface area contributed by atoms with Crippen molar-refractivity contribution in [2.45, 2.75) is 6.54 Å². The molecule has 27 heavy (non-hydrogen) atoms. The summed E-state index contributed by atoms with van der Waals surface area (Å²) in [4.78, 5) is 25.1. The maximum absolute atomic E-state index is 12.0. The number of amides is 2. The molecule has 0 aliphatic carbocycles. The molecular formula is C17H14BrClN6O2. The van der Waals surface area contributed by atoms with Crippen molar-refractivity contribution < 1.29 is 9.59 Å². The lowest BCUT2D eigenvalue weighted by molar-refractivity contribution is -0.124. The van der Waals surface area contributed by atoms with Crippen LogP contribution in [0.1, 0.15) is 0 Å². The smallest absolute Gasteiger partial charge is 0.244 e. The van der Waals surface area contributed by atoms with E-state index in [-0.39, 0.29) is 19.0 Å². The van der Waals surface area contributed by atoms with Crippen LogP contribution in [-0.4, -0.2) is 38.6 Å². The predicted molar refractivity (Wildman–Crippen MR) is 104 cm³/mol. The van der Waals surface area contributed by atoms with Crippen molar-refractivity contribution in [2.75, 3.05) is 11.9 Å². The van der Waals surface area contributed by atoms with Gasteiger partial charge in [-0.15, -0.1) is 10.2 Å². The van der Waals surface area contributed by atoms with Crippen molar-refractivity contribution in [1.82, 2.24) is 25.5 Å². The van der Waals surface area contributed by atoms with Gasteiger partial charge in [0.2, 0.25) is 17.6 Å². The molecule has 2 N–H and O–H groups in total. The second kappa shape index (κ2) is 8.74. The number of tetrazole rings is 1. The van der Waals surface area contributed by atoms with Crippen LogP contribution in [0.3, 0.4) is 0 Å². The molecule has 3 rings (SSSR count). The fourth-order valence-corrected chi connectivity index (χ4v) is 2.65. The normalized spacial score (nSPS) is 10.4. The quantitative estimate of drug-likeness (QED) is 0.602. The van der Waals surface area contributed by atoms with Crippen molar-refractivity contribution in [3.63, 3.8) is 0 Å². The molecule has 0 radical (unpaired) electrons. The first-order chi connectivity index (χ1) is 13.0. The first kappa shape index (κ1) is 19.0. The van der Waals surface area contributed by atoms with Gasteiger partial charge < -0.3 is 10.6 Å². The van der Waals surface area contributed by atoms with Crippen molar-refractivity contribution in [3.05, 3.63) is 58.0 Å². The van der Waals surface area contributed by atoms with Crippen LogP contribution in [0.4, 0.5) is 5.69 Å². The molecule has 0 aliphatic rings. The highest BCUT2D eigenvalue weighted by Gasteiger charge is 2.11. The average Bonchev–Trinajstić information content (AvgIpc) is 3.11. The van der Waals surface area contributed by atoms with Gasteiger partial charge in [-0.2, -0.15) is 4.80 Å². The van der Waals surface area contributed by atoms with Gasteiger partial charge in [0.25, 0.3) is 0 Å². The standard InChI is InChI=1S/C17H14BrClN6O2/c18-13-3-1-2-4-14(13)21-15(26)9-20-16(27)10-25-23-17(22-24-25)11-5-7-12(19)8-6-11/h1-8H,9-10H2,(H,20,27)(H,21,26). The minimum atomic E-state index is -0.405. The molecule has 0 atom stereocenters. The van der Waals surface area contributed by atoms with Gasteiger partial charge >= 0.3 is 0 Å². The zero-order chi connectivity index (χ0) is 19.2. The summed E-state index contributed by atoms with van der Waals surface area (Å²) in [7, 11) is 0. The number of aromatic nitrogens is 4. The summed E-state index contributed by atoms with van der Waals surface area (Å²) in [5.41, 5.74) is 1.36. The first-order valence-corrected chi connectivity index (χ1v) is 9.03. The molecule has 138 valence electrons. The summed E-state index contributed by atoms with van der Waals surface area (Å²) < 4.78 is 0.756. The highest BCUT2D eigenvalue weighted by molar-refractivity contribution is 9.10. The molecule has 10 heteroatoms. The summed E-state index contributed by atoms with van der Waals surface area (Å²) in [5, 5.41) is 17.7. The summed E-state index contributed by atoms with van der Waals surface area (Å²) in [6.07, 6.45) is 0. The third-order valence-electron chi connectivity index (χ3n) is 3.43. The molecule has 0 saturated heterocycles. The number of benzene rings is 2. The number of rotatable bonds is 6. The number of hydrogen-bond acceptors (Lipinski definition) is 5. The molecule has 1 aromatic heterocycles. The van der Waals surface area contributed by atoms with Crippen LogP contribution in [0.25, 0.3) is 11.4 Å². The summed E-state index contributed by atoms with van der Waals surface area (Å²) in [5.74, 6) is -0.368. The van der Waals surface area contributed by atoms with E-state index in [9.17, 15) is 9.59 Å². The maximum Gasteiger partial charge on any atom is 0.244 e. The Bertz CT molecular complexity index is 960. The van der Waals surface area contributed by atoms with Gasteiger partial charge in [-0.25, -0.2) is 0 Å². The van der Waals surface area contributed by atoms with E-state index >= 15 is 0 Å². The lowest BCUT2D eigenvalue weighted by Crippen LogP contribution is -2.35. The molecule has 0 saturated carbocycles. The predicted octanol–water partition coefficient (Wildman–Crippen LogP) is 2.51. The van der Waals surface area contributed by atoms with Crippen molar-refractivity contribution in [3.8, 4) is 11.4 Å². The van der Waals surface area contributed by atoms with Crippen LogP contribution in [0.2, 0.25) is 5.02 Å². The highest BCUT2D eigenvalue weighted by Crippen LogP contribution is 2.20. The Hall–Kier alpha value is -2.78. The largest absolute Gasteiger partial charge is 0.345 e. The zero-order valence-corrected chi connectivity index (χ0v) is 16.2. The molecule has 0 fully saturated rings. The monoisotopic (exact) mass is 448 g/mol. The van der Waals surface area contributed by atoms with E-state index in [1.54, 1.807) is 36.4 Å². The van der Waals surface area contributed by atoms with E-state index in [1.807, 2.05) is 12.1 Å². The van der Waals surface area contributed by atoms with Gasteiger partial charge in [0.15, 0.2) is 0 Å². The minimum absolute atomic E-state index is 0.150. The minimum Gasteiger partial charge on any atom is -0.345 e. The van der Waals surface area contributed by atoms with Crippen LogP contribution in [-0.2, 0) is 16.1 Å². The lowest BCUT2D eigenvalue weighted by atomic mass is 10.2. The molecule has 8 nitrogen and oxygen atoms in total. The Kier molecular flexibility index (Phi) is 6.15. The molecular weight excluding hydrogens is 436 g/mol. The van der Waals surface area contributed by atoms with Gasteiger partial charge in [0, 0.05) is 15.1 Å². The van der Waals surface area contributed by atoms with Gasteiger partial charge in [-0.05, 0) is 57.5 Å². The Balaban J connectivity index is 1.50. The Morgan fingerprint density at radius 2 is 1.81 bits per heavy atom. The number of hydrogen-bond donors (Lipinski definition) is 2. The van der Waals surface area contributed by atoms with E-state index < -0.39 is 5.91 Å². The van der Waals surface area contributed by atoms with Crippen LogP contribution in [0.5, 0.6) is 0 Å². The Labute approximate surface area is 168 Å². The van der Waals surface area contributed by atoms with Gasteiger partial charge in [0.05, 0.1) is 12.2 Å². The van der Waals surface area contributed by atoms with Crippen molar-refractivity contribution >= 4 is 45.0 Å². The number of nitrogens with one attached hydrogen (secondary N) is 2. The van der Waals surface area contributed by atoms with E-state index in [4.69, 9.17) is 11.6 Å². The molecule has 0 bridgehead atoms. The summed E-state index contributed by atoms with van der Waals surface area (Å²) in [6.45, 7) is -0.318. The third-order valence-corrected chi connectivity index (χ3v) is 4.38. The highest BCUT2D eigenvalue weighted by atomic mass is 79.9. The molecule has 2 aromatic carbocycles. The number of para-hydroxylation sites is 1. The van der Waals surface area contributed by atoms with Gasteiger partial charge in [-0.1, -0.05) is 23.7 Å². The molecule has 0 spiro atoms. The van der Waals surface area contributed by atoms with E-state index in [1.165, 1.54) is 0 Å². The fourth-order valence-electron chi connectivity index (χ4n) is 2.14. The van der Waals surface area contributed by atoms with Gasteiger partial charge in [0.1, 0.15) is 6.54 Å². The van der Waals surface area contributed by atoms with E-state index in [0.29, 0.717) is 16.5 Å². The number of carbonyl (C=O) groups is 2. The number of carbonyl (C=O) groups excluding carboxylic acids is 2. The number of nitrogens with zero attached hydrogens (tertiary/aromatic N) is 4.